The van der Waals surface area contributed by atoms with Crippen LogP contribution in [0.3, 0.4) is 0 Å². The number of urea groups is 1. The molecular formula is C14H13FN2O3. The van der Waals surface area contributed by atoms with Crippen LogP contribution < -0.4 is 10.2 Å². The van der Waals surface area contributed by atoms with E-state index in [-0.39, 0.29) is 11.3 Å². The van der Waals surface area contributed by atoms with Crippen LogP contribution in [0, 0.1) is 18.2 Å². The van der Waals surface area contributed by atoms with E-state index in [0.29, 0.717) is 12.8 Å². The maximum absolute atomic E-state index is 13.6. The summed E-state index contributed by atoms with van der Waals surface area (Å²) in [7, 11) is 0. The van der Waals surface area contributed by atoms with E-state index >= 15 is 0 Å². The standard InChI is InChI=1S/C14H13FN2O3/c1-8-9(15)4-2-5-10(8)17-12(19)14(6-3-7-14)11(18)16-13(17)20/h2,4-5H,3,6-7H2,1H3,(H,16,18,20). The maximum Gasteiger partial charge on any atom is 0.335 e. The van der Waals surface area contributed by atoms with E-state index in [2.05, 4.69) is 5.32 Å². The zero-order chi connectivity index (χ0) is 14.5. The van der Waals surface area contributed by atoms with E-state index in [0.717, 1.165) is 11.3 Å². The lowest BCUT2D eigenvalue weighted by atomic mass is 9.66. The summed E-state index contributed by atoms with van der Waals surface area (Å²) in [5, 5.41) is 2.20. The number of anilines is 1. The second-order valence-corrected chi connectivity index (χ2v) is 5.22. The molecule has 4 amide bonds. The molecule has 0 unspecified atom stereocenters. The summed E-state index contributed by atoms with van der Waals surface area (Å²) in [6.07, 6.45) is 1.62. The lowest BCUT2D eigenvalue weighted by Crippen LogP contribution is -2.66. The molecule has 1 saturated carbocycles. The van der Waals surface area contributed by atoms with Crippen molar-refractivity contribution >= 4 is 23.5 Å². The summed E-state index contributed by atoms with van der Waals surface area (Å²) >= 11 is 0. The molecule has 1 saturated heterocycles. The highest BCUT2D eigenvalue weighted by Gasteiger charge is 2.57. The smallest absolute Gasteiger partial charge is 0.276 e. The zero-order valence-electron chi connectivity index (χ0n) is 10.9. The second kappa shape index (κ2) is 4.13. The van der Waals surface area contributed by atoms with Gasteiger partial charge in [-0.05, 0) is 31.9 Å². The summed E-state index contributed by atoms with van der Waals surface area (Å²) in [6, 6.07) is 3.38. The predicted molar refractivity (Wildman–Crippen MR) is 68.4 cm³/mol. The van der Waals surface area contributed by atoms with Gasteiger partial charge in [-0.15, -0.1) is 0 Å². The lowest BCUT2D eigenvalue weighted by molar-refractivity contribution is -0.148. The van der Waals surface area contributed by atoms with E-state index in [4.69, 9.17) is 0 Å². The van der Waals surface area contributed by atoms with Crippen LogP contribution in [0.4, 0.5) is 14.9 Å². The van der Waals surface area contributed by atoms with Crippen molar-refractivity contribution in [1.29, 1.82) is 0 Å². The van der Waals surface area contributed by atoms with E-state index in [1.54, 1.807) is 0 Å². The van der Waals surface area contributed by atoms with Crippen molar-refractivity contribution in [2.45, 2.75) is 26.2 Å². The Balaban J connectivity index is 2.08. The number of hydrogen-bond acceptors (Lipinski definition) is 3. The molecule has 2 aliphatic rings. The first-order valence-corrected chi connectivity index (χ1v) is 6.42. The average molecular weight is 276 g/mol. The van der Waals surface area contributed by atoms with Gasteiger partial charge < -0.3 is 0 Å². The molecule has 0 radical (unpaired) electrons. The van der Waals surface area contributed by atoms with Gasteiger partial charge >= 0.3 is 6.03 Å². The normalized spacial score (nSPS) is 20.9. The Morgan fingerprint density at radius 2 is 1.95 bits per heavy atom. The molecule has 0 bridgehead atoms. The van der Waals surface area contributed by atoms with Gasteiger partial charge in [0.2, 0.25) is 5.91 Å². The number of hydrogen-bond donors (Lipinski definition) is 1. The van der Waals surface area contributed by atoms with Gasteiger partial charge in [0, 0.05) is 5.56 Å². The lowest BCUT2D eigenvalue weighted by Gasteiger charge is -2.44. The van der Waals surface area contributed by atoms with Crippen LogP contribution in [0.2, 0.25) is 0 Å². The van der Waals surface area contributed by atoms with Crippen molar-refractivity contribution in [3.05, 3.63) is 29.6 Å². The number of amides is 4. The van der Waals surface area contributed by atoms with E-state index in [1.165, 1.54) is 25.1 Å². The number of nitrogens with zero attached hydrogens (tertiary/aromatic N) is 1. The maximum atomic E-state index is 13.6. The number of halogens is 1. The summed E-state index contributed by atoms with van der Waals surface area (Å²) in [4.78, 5) is 37.3. The number of carbonyl (C=O) groups excluding carboxylic acids is 3. The number of nitrogens with one attached hydrogen (secondary N) is 1. The van der Waals surface area contributed by atoms with Gasteiger partial charge in [0.25, 0.3) is 5.91 Å². The largest absolute Gasteiger partial charge is 0.335 e. The molecule has 0 aromatic heterocycles. The highest BCUT2D eigenvalue weighted by molar-refractivity contribution is 6.30. The molecule has 6 heteroatoms. The molecule has 20 heavy (non-hydrogen) atoms. The van der Waals surface area contributed by atoms with Crippen molar-refractivity contribution in [1.82, 2.24) is 5.32 Å². The minimum absolute atomic E-state index is 0.186. The first-order chi connectivity index (χ1) is 9.47. The Labute approximate surface area is 114 Å². The van der Waals surface area contributed by atoms with Crippen LogP contribution in [0.15, 0.2) is 18.2 Å². The number of barbiturate groups is 1. The van der Waals surface area contributed by atoms with Gasteiger partial charge in [0.1, 0.15) is 11.2 Å². The first kappa shape index (κ1) is 12.8. The summed E-state index contributed by atoms with van der Waals surface area (Å²) in [6.45, 7) is 1.50. The number of carbonyl (C=O) groups is 3. The summed E-state index contributed by atoms with van der Waals surface area (Å²) in [5.74, 6) is -1.59. The Hall–Kier alpha value is -2.24. The number of benzene rings is 1. The van der Waals surface area contributed by atoms with Crippen LogP contribution >= 0.6 is 0 Å². The number of rotatable bonds is 1. The second-order valence-electron chi connectivity index (χ2n) is 5.22. The molecule has 1 N–H and O–H groups in total. The topological polar surface area (TPSA) is 66.5 Å². The molecule has 1 aliphatic heterocycles. The van der Waals surface area contributed by atoms with Crippen molar-refractivity contribution < 1.29 is 18.8 Å². The molecule has 1 aromatic rings. The van der Waals surface area contributed by atoms with Gasteiger partial charge in [-0.1, -0.05) is 12.5 Å². The molecule has 1 spiro atoms. The Bertz CT molecular complexity index is 637. The van der Waals surface area contributed by atoms with Crippen LogP contribution in [0.25, 0.3) is 0 Å². The molecule has 1 aromatic carbocycles. The van der Waals surface area contributed by atoms with Gasteiger partial charge in [0.05, 0.1) is 5.69 Å². The third kappa shape index (κ3) is 1.51. The minimum Gasteiger partial charge on any atom is -0.276 e. The van der Waals surface area contributed by atoms with Crippen LogP contribution in [0.1, 0.15) is 24.8 Å². The third-order valence-electron chi connectivity index (χ3n) is 4.16. The van der Waals surface area contributed by atoms with Crippen LogP contribution in [0.5, 0.6) is 0 Å². The fourth-order valence-corrected chi connectivity index (χ4v) is 2.70. The Morgan fingerprint density at radius 3 is 2.55 bits per heavy atom. The summed E-state index contributed by atoms with van der Waals surface area (Å²) < 4.78 is 13.6. The molecule has 0 atom stereocenters. The zero-order valence-corrected chi connectivity index (χ0v) is 10.9. The molecule has 2 fully saturated rings. The molecule has 1 heterocycles. The summed E-state index contributed by atoms with van der Waals surface area (Å²) in [5.41, 5.74) is -0.752. The Morgan fingerprint density at radius 1 is 1.25 bits per heavy atom. The quantitative estimate of drug-likeness (QED) is 0.796. The molecule has 5 nitrogen and oxygen atoms in total. The monoisotopic (exact) mass is 276 g/mol. The first-order valence-electron chi connectivity index (χ1n) is 6.42. The van der Waals surface area contributed by atoms with Crippen LogP contribution in [-0.4, -0.2) is 17.8 Å². The van der Waals surface area contributed by atoms with E-state index in [1.807, 2.05) is 0 Å². The fraction of sp³-hybridized carbons (Fsp3) is 0.357. The van der Waals surface area contributed by atoms with Crippen molar-refractivity contribution in [3.63, 3.8) is 0 Å². The fourth-order valence-electron chi connectivity index (χ4n) is 2.70. The van der Waals surface area contributed by atoms with E-state index < -0.39 is 29.1 Å². The van der Waals surface area contributed by atoms with Crippen LogP contribution in [-0.2, 0) is 9.59 Å². The third-order valence-corrected chi connectivity index (χ3v) is 4.16. The van der Waals surface area contributed by atoms with Gasteiger partial charge in [-0.2, -0.15) is 0 Å². The van der Waals surface area contributed by atoms with Crippen molar-refractivity contribution in [2.24, 2.45) is 5.41 Å². The highest BCUT2D eigenvalue weighted by Crippen LogP contribution is 2.45. The van der Waals surface area contributed by atoms with Gasteiger partial charge in [-0.25, -0.2) is 14.1 Å². The number of imide groups is 2. The van der Waals surface area contributed by atoms with Gasteiger partial charge in [-0.3, -0.25) is 14.9 Å². The molecule has 1 aliphatic carbocycles. The van der Waals surface area contributed by atoms with Gasteiger partial charge in [0.15, 0.2) is 0 Å². The molecule has 3 rings (SSSR count). The predicted octanol–water partition coefficient (Wildman–Crippen LogP) is 1.89. The average Bonchev–Trinajstić information content (AvgIpc) is 2.32. The minimum atomic E-state index is -1.15. The Kier molecular flexibility index (Phi) is 2.64. The molecular weight excluding hydrogens is 263 g/mol. The molecule has 104 valence electrons. The van der Waals surface area contributed by atoms with Crippen molar-refractivity contribution in [2.75, 3.05) is 4.90 Å². The highest BCUT2D eigenvalue weighted by atomic mass is 19.1. The van der Waals surface area contributed by atoms with E-state index in [9.17, 15) is 18.8 Å². The SMILES string of the molecule is Cc1c(F)cccc1N1C(=O)NC(=O)C2(CCC2)C1=O. The van der Waals surface area contributed by atoms with Crippen molar-refractivity contribution in [3.8, 4) is 0 Å².